The van der Waals surface area contributed by atoms with Crippen LogP contribution in [-0.4, -0.2) is 41.5 Å². The maximum absolute atomic E-state index is 5.16. The second-order valence-corrected chi connectivity index (χ2v) is 8.68. The van der Waals surface area contributed by atoms with Crippen LogP contribution in [0.4, 0.5) is 5.82 Å². The first-order valence-corrected chi connectivity index (χ1v) is 11.7. The molecule has 7 heteroatoms. The number of methoxy groups -OCH3 is 1. The number of nitrogens with zero attached hydrogens (tertiary/aromatic N) is 3. The van der Waals surface area contributed by atoms with Crippen LogP contribution < -0.4 is 5.32 Å². The Balaban J connectivity index is 1.88. The smallest absolute Gasteiger partial charge is 0.189 e. The molecule has 0 bridgehead atoms. The number of hydrogen-bond donors (Lipinski definition) is 1. The molecule has 0 radical (unpaired) electrons. The molecule has 1 N–H and O–H groups in total. The predicted octanol–water partition coefficient (Wildman–Crippen LogP) is 4.85. The van der Waals surface area contributed by atoms with E-state index in [9.17, 15) is 0 Å². The highest BCUT2D eigenvalue weighted by Crippen LogP contribution is 2.42. The Morgan fingerprint density at radius 3 is 2.81 bits per heavy atom. The van der Waals surface area contributed by atoms with Crippen molar-refractivity contribution in [2.75, 3.05) is 31.8 Å². The van der Waals surface area contributed by atoms with Gasteiger partial charge in [0.15, 0.2) is 5.16 Å². The predicted molar refractivity (Wildman–Crippen MR) is 115 cm³/mol. The van der Waals surface area contributed by atoms with E-state index in [0.29, 0.717) is 0 Å². The third-order valence-corrected chi connectivity index (χ3v) is 6.71. The van der Waals surface area contributed by atoms with Crippen molar-refractivity contribution >= 4 is 49.3 Å². The number of thioether (sulfide) groups is 1. The fourth-order valence-corrected chi connectivity index (χ4v) is 5.40. The number of ether oxygens (including phenoxy) is 1. The fourth-order valence-electron chi connectivity index (χ4n) is 3.90. The molecule has 0 atom stereocenters. The molecule has 3 aromatic rings. The fraction of sp³-hybridized carbons (Fsp3) is 0.550. The average Bonchev–Trinajstić information content (AvgIpc) is 3.29. The molecule has 0 aliphatic heterocycles. The van der Waals surface area contributed by atoms with Crippen molar-refractivity contribution in [1.82, 2.24) is 15.0 Å². The van der Waals surface area contributed by atoms with Crippen LogP contribution >= 0.6 is 23.1 Å². The first kappa shape index (κ1) is 18.9. The van der Waals surface area contributed by atoms with E-state index >= 15 is 0 Å². The maximum atomic E-state index is 5.16. The number of hydrogen-bond acceptors (Lipinski definition) is 7. The van der Waals surface area contributed by atoms with Crippen LogP contribution in [0, 0.1) is 0 Å². The van der Waals surface area contributed by atoms with Crippen LogP contribution in [0.25, 0.3) is 20.4 Å². The Kier molecular flexibility index (Phi) is 5.80. The maximum Gasteiger partial charge on any atom is 0.189 e. The second-order valence-electron chi connectivity index (χ2n) is 6.91. The zero-order chi connectivity index (χ0) is 18.8. The minimum absolute atomic E-state index is 0.748. The summed E-state index contributed by atoms with van der Waals surface area (Å²) in [5, 5.41) is 5.60. The van der Waals surface area contributed by atoms with Crippen molar-refractivity contribution in [2.24, 2.45) is 0 Å². The van der Waals surface area contributed by atoms with E-state index in [0.717, 1.165) is 71.3 Å². The number of rotatable bonds is 8. The van der Waals surface area contributed by atoms with Gasteiger partial charge in [0.1, 0.15) is 10.6 Å². The zero-order valence-corrected chi connectivity index (χ0v) is 17.9. The van der Waals surface area contributed by atoms with Gasteiger partial charge in [0.25, 0.3) is 0 Å². The lowest BCUT2D eigenvalue weighted by atomic mass is 10.0. The van der Waals surface area contributed by atoms with E-state index in [-0.39, 0.29) is 0 Å². The van der Waals surface area contributed by atoms with Crippen LogP contribution in [0.1, 0.15) is 43.0 Å². The highest BCUT2D eigenvalue weighted by molar-refractivity contribution is 7.98. The quantitative estimate of drug-likeness (QED) is 0.330. The lowest BCUT2D eigenvalue weighted by molar-refractivity contribution is 0.198. The van der Waals surface area contributed by atoms with Gasteiger partial charge in [-0.25, -0.2) is 15.0 Å². The van der Waals surface area contributed by atoms with Gasteiger partial charge >= 0.3 is 0 Å². The first-order valence-electron chi connectivity index (χ1n) is 9.68. The van der Waals surface area contributed by atoms with E-state index in [4.69, 9.17) is 19.7 Å². The molecule has 144 valence electrons. The highest BCUT2D eigenvalue weighted by Gasteiger charge is 2.24. The van der Waals surface area contributed by atoms with E-state index in [1.54, 1.807) is 30.2 Å². The monoisotopic (exact) mass is 402 g/mol. The highest BCUT2D eigenvalue weighted by atomic mass is 32.2. The molecule has 1 aliphatic rings. The molecule has 3 heterocycles. The van der Waals surface area contributed by atoms with E-state index in [2.05, 4.69) is 12.2 Å². The Morgan fingerprint density at radius 1 is 1.19 bits per heavy atom. The number of aromatic nitrogens is 3. The summed E-state index contributed by atoms with van der Waals surface area (Å²) in [6.07, 6.45) is 8.73. The van der Waals surface area contributed by atoms with Crippen molar-refractivity contribution in [1.29, 1.82) is 0 Å². The third kappa shape index (κ3) is 3.52. The van der Waals surface area contributed by atoms with Gasteiger partial charge in [-0.2, -0.15) is 0 Å². The summed E-state index contributed by atoms with van der Waals surface area (Å²) in [5.41, 5.74) is 5.36. The summed E-state index contributed by atoms with van der Waals surface area (Å²) in [5.74, 6) is 0.937. The van der Waals surface area contributed by atoms with E-state index < -0.39 is 0 Å². The van der Waals surface area contributed by atoms with Gasteiger partial charge in [-0.05, 0) is 49.5 Å². The molecule has 0 saturated heterocycles. The van der Waals surface area contributed by atoms with Gasteiger partial charge in [-0.15, -0.1) is 11.3 Å². The summed E-state index contributed by atoms with van der Waals surface area (Å²) in [4.78, 5) is 15.8. The molecule has 0 spiro atoms. The Labute approximate surface area is 168 Å². The Bertz CT molecular complexity index is 970. The second kappa shape index (κ2) is 8.29. The summed E-state index contributed by atoms with van der Waals surface area (Å²) in [7, 11) is 1.74. The van der Waals surface area contributed by atoms with Crippen molar-refractivity contribution in [2.45, 2.75) is 50.6 Å². The normalized spacial score (nSPS) is 13.6. The molecule has 0 aromatic carbocycles. The number of pyridine rings is 1. The largest absolute Gasteiger partial charge is 0.385 e. The summed E-state index contributed by atoms with van der Waals surface area (Å²) >= 11 is 3.33. The van der Waals surface area contributed by atoms with Crippen LogP contribution in [0.3, 0.4) is 0 Å². The molecule has 0 unspecified atom stereocenters. The van der Waals surface area contributed by atoms with Gasteiger partial charge in [-0.1, -0.05) is 25.1 Å². The molecule has 4 rings (SSSR count). The number of nitrogens with one attached hydrogen (secondary N) is 1. The number of aryl methyl sites for hydroxylation is 2. The molecule has 3 aromatic heterocycles. The van der Waals surface area contributed by atoms with E-state index in [1.807, 2.05) is 6.26 Å². The van der Waals surface area contributed by atoms with Crippen LogP contribution in [0.5, 0.6) is 0 Å². The van der Waals surface area contributed by atoms with Gasteiger partial charge in [0.2, 0.25) is 0 Å². The topological polar surface area (TPSA) is 59.9 Å². The van der Waals surface area contributed by atoms with Gasteiger partial charge in [0, 0.05) is 31.3 Å². The minimum Gasteiger partial charge on any atom is -0.385 e. The molecule has 27 heavy (non-hydrogen) atoms. The molecule has 5 nitrogen and oxygen atoms in total. The molecule has 0 fully saturated rings. The zero-order valence-electron chi connectivity index (χ0n) is 16.2. The number of fused-ring (bicyclic) bond motifs is 5. The average molecular weight is 403 g/mol. The van der Waals surface area contributed by atoms with Crippen molar-refractivity contribution < 1.29 is 4.74 Å². The van der Waals surface area contributed by atoms with Gasteiger partial charge < -0.3 is 10.1 Å². The summed E-state index contributed by atoms with van der Waals surface area (Å²) in [6.45, 7) is 3.82. The first-order chi connectivity index (χ1) is 13.3. The SMILES string of the molecule is CCCc1nc2sc3c(NCCCOC)nc(SC)nc3c2c2c1CCC2. The van der Waals surface area contributed by atoms with Crippen LogP contribution in [-0.2, 0) is 24.0 Å². The Morgan fingerprint density at radius 2 is 2.04 bits per heavy atom. The third-order valence-electron chi connectivity index (χ3n) is 5.09. The van der Waals surface area contributed by atoms with Gasteiger partial charge in [-0.3, -0.25) is 0 Å². The molecule has 0 amide bonds. The molecular formula is C20H26N4OS2. The van der Waals surface area contributed by atoms with E-state index in [1.165, 1.54) is 28.6 Å². The van der Waals surface area contributed by atoms with Crippen molar-refractivity contribution in [3.05, 3.63) is 16.8 Å². The van der Waals surface area contributed by atoms with Crippen molar-refractivity contribution in [3.8, 4) is 0 Å². The lowest BCUT2D eigenvalue weighted by Gasteiger charge is -2.09. The minimum atomic E-state index is 0.748. The van der Waals surface area contributed by atoms with Crippen LogP contribution in [0.2, 0.25) is 0 Å². The van der Waals surface area contributed by atoms with Crippen molar-refractivity contribution in [3.63, 3.8) is 0 Å². The lowest BCUT2D eigenvalue weighted by Crippen LogP contribution is -2.07. The Hall–Kier alpha value is -1.44. The summed E-state index contributed by atoms with van der Waals surface area (Å²) in [6, 6.07) is 0. The number of anilines is 1. The standard InChI is InChI=1S/C20H26N4OS2/c1-4-7-14-12-8-5-9-13(12)15-16-17(27-19(15)22-14)18(21-10-6-11-25-2)24-20(23-16)26-3/h4-11H2,1-3H3,(H,21,23,24). The molecule has 0 saturated carbocycles. The van der Waals surface area contributed by atoms with Gasteiger partial charge in [0.05, 0.1) is 10.2 Å². The molecular weight excluding hydrogens is 376 g/mol. The van der Waals surface area contributed by atoms with Crippen LogP contribution in [0.15, 0.2) is 5.16 Å². The number of thiophene rings is 1. The molecule has 1 aliphatic carbocycles. The summed E-state index contributed by atoms with van der Waals surface area (Å²) < 4.78 is 6.30.